The maximum atomic E-state index is 13.5. The van der Waals surface area contributed by atoms with E-state index in [-0.39, 0.29) is 17.8 Å². The van der Waals surface area contributed by atoms with Gasteiger partial charge < -0.3 is 19.1 Å². The molecule has 2 aromatic rings. The monoisotopic (exact) mass is 373 g/mol. The molecule has 1 atom stereocenters. The van der Waals surface area contributed by atoms with E-state index in [0.29, 0.717) is 30.2 Å². The molecule has 27 heavy (non-hydrogen) atoms. The number of amides is 1. The smallest absolute Gasteiger partial charge is 0.262 e. The zero-order valence-electron chi connectivity index (χ0n) is 16.0. The van der Waals surface area contributed by atoms with E-state index in [1.165, 1.54) is 26.4 Å². The molecule has 0 aromatic heterocycles. The molecule has 3 rings (SSSR count). The van der Waals surface area contributed by atoms with Crippen molar-refractivity contribution in [2.75, 3.05) is 27.4 Å². The van der Waals surface area contributed by atoms with E-state index in [0.717, 1.165) is 5.56 Å². The fraction of sp³-hybridized carbons (Fsp3) is 0.381. The van der Waals surface area contributed by atoms with Crippen LogP contribution < -0.4 is 9.47 Å². The number of benzene rings is 2. The van der Waals surface area contributed by atoms with Crippen LogP contribution in [0.1, 0.15) is 35.9 Å². The summed E-state index contributed by atoms with van der Waals surface area (Å²) in [6.07, 6.45) is -0.330. The van der Waals surface area contributed by atoms with Crippen LogP contribution in [-0.2, 0) is 4.74 Å². The molecule has 1 heterocycles. The van der Waals surface area contributed by atoms with Crippen LogP contribution in [0.2, 0.25) is 0 Å². The number of nitrogens with zero attached hydrogens (tertiary/aromatic N) is 1. The van der Waals surface area contributed by atoms with Crippen LogP contribution in [0.15, 0.2) is 42.5 Å². The van der Waals surface area contributed by atoms with Crippen LogP contribution in [0.5, 0.6) is 11.5 Å². The van der Waals surface area contributed by atoms with Crippen molar-refractivity contribution in [2.45, 2.75) is 25.5 Å². The number of rotatable bonds is 4. The molecule has 0 radical (unpaired) electrons. The predicted molar refractivity (Wildman–Crippen MR) is 99.8 cm³/mol. The van der Waals surface area contributed by atoms with Gasteiger partial charge in [-0.25, -0.2) is 4.39 Å². The van der Waals surface area contributed by atoms with Crippen LogP contribution in [-0.4, -0.2) is 43.7 Å². The zero-order chi connectivity index (χ0) is 19.6. The summed E-state index contributed by atoms with van der Waals surface area (Å²) >= 11 is 0. The molecule has 5 nitrogen and oxygen atoms in total. The van der Waals surface area contributed by atoms with Gasteiger partial charge in [0.1, 0.15) is 29.0 Å². The lowest BCUT2D eigenvalue weighted by molar-refractivity contribution is -0.0848. The minimum Gasteiger partial charge on any atom is -0.496 e. The molecular formula is C21H24FNO4. The standard InChI is InChI=1S/C21H24FNO4/c1-21(2)13-27-18(14-8-10-15(22)11-9-14)12-23(21)20(24)19-16(25-3)6-5-7-17(19)26-4/h5-11,18H,12-13H2,1-4H3. The van der Waals surface area contributed by atoms with Gasteiger partial charge in [-0.3, -0.25) is 4.79 Å². The zero-order valence-corrected chi connectivity index (χ0v) is 16.0. The van der Waals surface area contributed by atoms with E-state index in [1.807, 2.05) is 13.8 Å². The number of hydrogen-bond acceptors (Lipinski definition) is 4. The second-order valence-electron chi connectivity index (χ2n) is 7.12. The van der Waals surface area contributed by atoms with E-state index in [2.05, 4.69) is 0 Å². The van der Waals surface area contributed by atoms with Gasteiger partial charge in [0.15, 0.2) is 0 Å². The van der Waals surface area contributed by atoms with Crippen molar-refractivity contribution in [1.82, 2.24) is 4.90 Å². The lowest BCUT2D eigenvalue weighted by Gasteiger charge is -2.45. The van der Waals surface area contributed by atoms with E-state index >= 15 is 0 Å². The van der Waals surface area contributed by atoms with E-state index in [9.17, 15) is 9.18 Å². The molecule has 0 N–H and O–H groups in total. The van der Waals surface area contributed by atoms with Crippen LogP contribution >= 0.6 is 0 Å². The highest BCUT2D eigenvalue weighted by Gasteiger charge is 2.40. The summed E-state index contributed by atoms with van der Waals surface area (Å²) in [6, 6.07) is 11.4. The average molecular weight is 373 g/mol. The Morgan fingerprint density at radius 1 is 1.11 bits per heavy atom. The molecule has 144 valence electrons. The third-order valence-corrected chi connectivity index (χ3v) is 4.85. The summed E-state index contributed by atoms with van der Waals surface area (Å²) in [5.74, 6) is 0.422. The third-order valence-electron chi connectivity index (χ3n) is 4.85. The molecular weight excluding hydrogens is 349 g/mol. The maximum absolute atomic E-state index is 13.5. The Bertz CT molecular complexity index is 797. The molecule has 1 aliphatic heterocycles. The highest BCUT2D eigenvalue weighted by Crippen LogP contribution is 2.36. The Labute approximate surface area is 158 Å². The highest BCUT2D eigenvalue weighted by atomic mass is 19.1. The topological polar surface area (TPSA) is 48.0 Å². The number of halogens is 1. The van der Waals surface area contributed by atoms with Gasteiger partial charge in [-0.15, -0.1) is 0 Å². The Hall–Kier alpha value is -2.60. The Kier molecular flexibility index (Phi) is 5.37. The molecule has 2 aromatic carbocycles. The van der Waals surface area contributed by atoms with E-state index < -0.39 is 5.54 Å². The second-order valence-corrected chi connectivity index (χ2v) is 7.12. The predicted octanol–water partition coefficient (Wildman–Crippen LogP) is 3.84. The summed E-state index contributed by atoms with van der Waals surface area (Å²) in [6.45, 7) is 4.61. The molecule has 1 fully saturated rings. The summed E-state index contributed by atoms with van der Waals surface area (Å²) in [5, 5.41) is 0. The second kappa shape index (κ2) is 7.56. The normalized spacial score (nSPS) is 18.9. The lowest BCUT2D eigenvalue weighted by atomic mass is 9.96. The molecule has 1 aliphatic rings. The van der Waals surface area contributed by atoms with Crippen molar-refractivity contribution < 1.29 is 23.4 Å². The molecule has 1 amide bonds. The van der Waals surface area contributed by atoms with Crippen molar-refractivity contribution >= 4 is 5.91 Å². The van der Waals surface area contributed by atoms with Gasteiger partial charge in [0.05, 0.1) is 32.9 Å². The van der Waals surface area contributed by atoms with Crippen LogP contribution in [0.3, 0.4) is 0 Å². The lowest BCUT2D eigenvalue weighted by Crippen LogP contribution is -2.56. The Morgan fingerprint density at radius 2 is 1.70 bits per heavy atom. The quantitative estimate of drug-likeness (QED) is 0.817. The van der Waals surface area contributed by atoms with E-state index in [1.54, 1.807) is 35.2 Å². The van der Waals surface area contributed by atoms with Crippen molar-refractivity contribution in [3.05, 3.63) is 59.4 Å². The van der Waals surface area contributed by atoms with Crippen molar-refractivity contribution in [2.24, 2.45) is 0 Å². The molecule has 0 bridgehead atoms. The number of carbonyl (C=O) groups excluding carboxylic acids is 1. The number of hydrogen-bond donors (Lipinski definition) is 0. The van der Waals surface area contributed by atoms with Gasteiger partial charge in [0.25, 0.3) is 5.91 Å². The molecule has 6 heteroatoms. The molecule has 1 unspecified atom stereocenters. The minimum atomic E-state index is -0.514. The summed E-state index contributed by atoms with van der Waals surface area (Å²) in [7, 11) is 3.05. The highest BCUT2D eigenvalue weighted by molar-refractivity contribution is 6.00. The van der Waals surface area contributed by atoms with E-state index in [4.69, 9.17) is 14.2 Å². The average Bonchev–Trinajstić information content (AvgIpc) is 2.67. The van der Waals surface area contributed by atoms with Gasteiger partial charge in [0.2, 0.25) is 0 Å². The summed E-state index contributed by atoms with van der Waals surface area (Å²) in [5.41, 5.74) is 0.700. The molecule has 0 spiro atoms. The van der Waals surface area contributed by atoms with Gasteiger partial charge in [-0.1, -0.05) is 18.2 Å². The van der Waals surface area contributed by atoms with Gasteiger partial charge in [-0.05, 0) is 43.7 Å². The van der Waals surface area contributed by atoms with Gasteiger partial charge in [0, 0.05) is 0 Å². The van der Waals surface area contributed by atoms with Crippen LogP contribution in [0, 0.1) is 5.82 Å². The minimum absolute atomic E-state index is 0.190. The molecule has 0 aliphatic carbocycles. The summed E-state index contributed by atoms with van der Waals surface area (Å²) < 4.78 is 30.0. The fourth-order valence-corrected chi connectivity index (χ4v) is 3.28. The number of carbonyl (C=O) groups is 1. The van der Waals surface area contributed by atoms with Crippen molar-refractivity contribution in [3.63, 3.8) is 0 Å². The van der Waals surface area contributed by atoms with Gasteiger partial charge >= 0.3 is 0 Å². The molecule has 0 saturated carbocycles. The SMILES string of the molecule is COc1cccc(OC)c1C(=O)N1CC(c2ccc(F)cc2)OCC1(C)C. The molecule has 1 saturated heterocycles. The largest absolute Gasteiger partial charge is 0.496 e. The first kappa shape index (κ1) is 19.2. The Morgan fingerprint density at radius 3 is 2.26 bits per heavy atom. The first-order valence-corrected chi connectivity index (χ1v) is 8.77. The van der Waals surface area contributed by atoms with Crippen molar-refractivity contribution in [3.8, 4) is 11.5 Å². The number of methoxy groups -OCH3 is 2. The number of ether oxygens (including phenoxy) is 3. The Balaban J connectivity index is 1.95. The fourth-order valence-electron chi connectivity index (χ4n) is 3.28. The first-order valence-electron chi connectivity index (χ1n) is 8.77. The summed E-state index contributed by atoms with van der Waals surface area (Å²) in [4.78, 5) is 15.2. The van der Waals surface area contributed by atoms with Crippen LogP contribution in [0.4, 0.5) is 4.39 Å². The third kappa shape index (κ3) is 3.76. The first-order chi connectivity index (χ1) is 12.9. The number of morpholine rings is 1. The van der Waals surface area contributed by atoms with Crippen LogP contribution in [0.25, 0.3) is 0 Å². The van der Waals surface area contributed by atoms with Gasteiger partial charge in [-0.2, -0.15) is 0 Å². The maximum Gasteiger partial charge on any atom is 0.262 e. The van der Waals surface area contributed by atoms with Crippen molar-refractivity contribution in [1.29, 1.82) is 0 Å².